The molecule has 168 valence electrons. The third kappa shape index (κ3) is 4.99. The van der Waals surface area contributed by atoms with Crippen molar-refractivity contribution in [3.05, 3.63) is 45.9 Å². The van der Waals surface area contributed by atoms with Crippen molar-refractivity contribution >= 4 is 34.2 Å². The van der Waals surface area contributed by atoms with Crippen molar-refractivity contribution in [2.24, 2.45) is 0 Å². The van der Waals surface area contributed by atoms with Crippen LogP contribution >= 0.6 is 22.9 Å². The summed E-state index contributed by atoms with van der Waals surface area (Å²) in [7, 11) is 0. The molecule has 0 spiro atoms. The number of carbonyl (C=O) groups is 1. The fourth-order valence-corrected chi connectivity index (χ4v) is 5.39. The van der Waals surface area contributed by atoms with Crippen LogP contribution < -0.4 is 4.90 Å². The molecule has 4 rings (SSSR count). The van der Waals surface area contributed by atoms with Gasteiger partial charge in [0.15, 0.2) is 5.13 Å². The molecular weight excluding hydrogens is 434 g/mol. The molecule has 0 atom stereocenters. The highest BCUT2D eigenvalue weighted by Crippen LogP contribution is 2.43. The van der Waals surface area contributed by atoms with E-state index >= 15 is 0 Å². The van der Waals surface area contributed by atoms with Gasteiger partial charge in [-0.3, -0.25) is 4.90 Å². The molecule has 1 aromatic heterocycles. The average molecular weight is 464 g/mol. The maximum Gasteiger partial charge on any atom is 0.411 e. The van der Waals surface area contributed by atoms with Gasteiger partial charge in [0.25, 0.3) is 0 Å². The molecule has 2 aliphatic heterocycles. The molecule has 0 radical (unpaired) electrons. The van der Waals surface area contributed by atoms with Gasteiger partial charge >= 0.3 is 6.09 Å². The Kier molecular flexibility index (Phi) is 6.47. The number of hydrogen-bond acceptors (Lipinski definition) is 6. The SMILES string of the molecule is CC(C)(C)OC(=O)N1CCCN(c2nc(C3(c4cccc(Cl)c4)CCOCC3)cs2)C1. The fourth-order valence-electron chi connectivity index (χ4n) is 4.26. The Morgan fingerprint density at radius 3 is 2.74 bits per heavy atom. The molecule has 0 aliphatic carbocycles. The molecule has 0 bridgehead atoms. The van der Waals surface area contributed by atoms with Gasteiger partial charge in [-0.2, -0.15) is 0 Å². The van der Waals surface area contributed by atoms with E-state index in [1.54, 1.807) is 16.2 Å². The third-order valence-corrected chi connectivity index (χ3v) is 6.96. The largest absolute Gasteiger partial charge is 0.444 e. The highest BCUT2D eigenvalue weighted by molar-refractivity contribution is 7.13. The lowest BCUT2D eigenvalue weighted by atomic mass is 9.72. The number of hydrogen-bond donors (Lipinski definition) is 0. The maximum atomic E-state index is 12.5. The molecule has 2 aliphatic rings. The molecule has 0 N–H and O–H groups in total. The number of ether oxygens (including phenoxy) is 2. The second-order valence-corrected chi connectivity index (χ2v) is 10.5. The predicted molar refractivity (Wildman–Crippen MR) is 124 cm³/mol. The number of anilines is 1. The van der Waals surface area contributed by atoms with E-state index in [0.29, 0.717) is 26.4 Å². The summed E-state index contributed by atoms with van der Waals surface area (Å²) in [6, 6.07) is 8.10. The number of nitrogens with zero attached hydrogens (tertiary/aromatic N) is 3. The van der Waals surface area contributed by atoms with Crippen molar-refractivity contribution in [1.29, 1.82) is 0 Å². The summed E-state index contributed by atoms with van der Waals surface area (Å²) in [5.74, 6) is 0. The average Bonchev–Trinajstić information content (AvgIpc) is 3.24. The monoisotopic (exact) mass is 463 g/mol. The standard InChI is InChI=1S/C23H30ClN3O3S/c1-22(2,3)30-21(28)27-11-5-10-26(16-27)20-25-19(15-31-20)23(8-12-29-13-9-23)17-6-4-7-18(24)14-17/h4,6-7,14-15H,5,8-13,16H2,1-3H3. The van der Waals surface area contributed by atoms with Gasteiger partial charge in [-0.1, -0.05) is 23.7 Å². The minimum Gasteiger partial charge on any atom is -0.444 e. The third-order valence-electron chi connectivity index (χ3n) is 5.83. The van der Waals surface area contributed by atoms with E-state index in [1.165, 1.54) is 5.56 Å². The summed E-state index contributed by atoms with van der Waals surface area (Å²) in [5.41, 5.74) is 1.56. The van der Waals surface area contributed by atoms with Crippen LogP contribution in [0.2, 0.25) is 5.02 Å². The molecule has 8 heteroatoms. The van der Waals surface area contributed by atoms with Gasteiger partial charge in [0.05, 0.1) is 12.4 Å². The Morgan fingerprint density at radius 2 is 2.03 bits per heavy atom. The molecule has 31 heavy (non-hydrogen) atoms. The van der Waals surface area contributed by atoms with Crippen LogP contribution in [0, 0.1) is 0 Å². The summed E-state index contributed by atoms with van der Waals surface area (Å²) in [4.78, 5) is 21.6. The van der Waals surface area contributed by atoms with Crippen molar-refractivity contribution in [1.82, 2.24) is 9.88 Å². The fraction of sp³-hybridized carbons (Fsp3) is 0.565. The van der Waals surface area contributed by atoms with Crippen molar-refractivity contribution in [3.8, 4) is 0 Å². The summed E-state index contributed by atoms with van der Waals surface area (Å²) < 4.78 is 11.2. The minimum atomic E-state index is -0.500. The molecular formula is C23H30ClN3O3S. The van der Waals surface area contributed by atoms with Gasteiger partial charge in [0.1, 0.15) is 5.60 Å². The van der Waals surface area contributed by atoms with Crippen LogP contribution in [-0.4, -0.2) is 54.6 Å². The van der Waals surface area contributed by atoms with E-state index < -0.39 is 5.60 Å². The summed E-state index contributed by atoms with van der Waals surface area (Å²) in [5, 5.41) is 3.84. The second-order valence-electron chi connectivity index (χ2n) is 9.22. The molecule has 0 unspecified atom stereocenters. The number of thiazole rings is 1. The number of benzene rings is 1. The maximum absolute atomic E-state index is 12.5. The van der Waals surface area contributed by atoms with Crippen LogP contribution in [0.5, 0.6) is 0 Å². The van der Waals surface area contributed by atoms with E-state index in [9.17, 15) is 4.79 Å². The van der Waals surface area contributed by atoms with Crippen molar-refractivity contribution in [2.45, 2.75) is 51.0 Å². The predicted octanol–water partition coefficient (Wildman–Crippen LogP) is 5.30. The number of amides is 1. The van der Waals surface area contributed by atoms with Crippen LogP contribution in [-0.2, 0) is 14.9 Å². The molecule has 0 saturated carbocycles. The first-order valence-corrected chi connectivity index (χ1v) is 12.1. The highest BCUT2D eigenvalue weighted by Gasteiger charge is 2.39. The molecule has 2 saturated heterocycles. The summed E-state index contributed by atoms with van der Waals surface area (Å²) >= 11 is 7.96. The Morgan fingerprint density at radius 1 is 1.26 bits per heavy atom. The first-order valence-electron chi connectivity index (χ1n) is 10.8. The molecule has 1 aromatic carbocycles. The first kappa shape index (κ1) is 22.4. The Balaban J connectivity index is 1.57. The smallest absolute Gasteiger partial charge is 0.411 e. The van der Waals surface area contributed by atoms with Crippen molar-refractivity contribution in [3.63, 3.8) is 0 Å². The Hall–Kier alpha value is -1.83. The lowest BCUT2D eigenvalue weighted by Crippen LogP contribution is -2.49. The number of aromatic nitrogens is 1. The highest BCUT2D eigenvalue weighted by atomic mass is 35.5. The van der Waals surface area contributed by atoms with Crippen molar-refractivity contribution < 1.29 is 14.3 Å². The lowest BCUT2D eigenvalue weighted by Gasteiger charge is -2.37. The summed E-state index contributed by atoms with van der Waals surface area (Å²) in [6.07, 6.45) is 2.37. The summed E-state index contributed by atoms with van der Waals surface area (Å²) in [6.45, 7) is 9.15. The Labute approximate surface area is 193 Å². The zero-order valence-electron chi connectivity index (χ0n) is 18.4. The normalized spacial score (nSPS) is 19.4. The van der Waals surface area contributed by atoms with Crippen LogP contribution in [0.15, 0.2) is 29.6 Å². The van der Waals surface area contributed by atoms with Crippen LogP contribution in [0.1, 0.15) is 51.3 Å². The van der Waals surface area contributed by atoms with Gasteiger partial charge in [0.2, 0.25) is 0 Å². The number of halogens is 1. The van der Waals surface area contributed by atoms with Crippen LogP contribution in [0.3, 0.4) is 0 Å². The first-order chi connectivity index (χ1) is 14.8. The lowest BCUT2D eigenvalue weighted by molar-refractivity contribution is 0.0225. The second kappa shape index (κ2) is 8.96. The topological polar surface area (TPSA) is 54.9 Å². The molecule has 6 nitrogen and oxygen atoms in total. The number of rotatable bonds is 3. The van der Waals surface area contributed by atoms with Gasteiger partial charge in [-0.15, -0.1) is 11.3 Å². The van der Waals surface area contributed by atoms with E-state index in [2.05, 4.69) is 22.4 Å². The minimum absolute atomic E-state index is 0.196. The van der Waals surface area contributed by atoms with Crippen LogP contribution in [0.25, 0.3) is 0 Å². The molecule has 2 aromatic rings. The molecule has 1 amide bonds. The van der Waals surface area contributed by atoms with E-state index in [1.807, 2.05) is 32.9 Å². The van der Waals surface area contributed by atoms with Crippen molar-refractivity contribution in [2.75, 3.05) is 37.9 Å². The molecule has 3 heterocycles. The molecule has 2 fully saturated rings. The van der Waals surface area contributed by atoms with Gasteiger partial charge in [0, 0.05) is 42.1 Å². The van der Waals surface area contributed by atoms with Crippen LogP contribution in [0.4, 0.5) is 9.93 Å². The number of carbonyl (C=O) groups excluding carboxylic acids is 1. The van der Waals surface area contributed by atoms with E-state index in [0.717, 1.165) is 41.7 Å². The van der Waals surface area contributed by atoms with Gasteiger partial charge < -0.3 is 14.4 Å². The van der Waals surface area contributed by atoms with E-state index in [4.69, 9.17) is 26.1 Å². The Bertz CT molecular complexity index is 921. The zero-order chi connectivity index (χ0) is 22.1. The van der Waals surface area contributed by atoms with Gasteiger partial charge in [-0.05, 0) is 57.7 Å². The van der Waals surface area contributed by atoms with Gasteiger partial charge in [-0.25, -0.2) is 9.78 Å². The van der Waals surface area contributed by atoms with E-state index in [-0.39, 0.29) is 11.5 Å². The zero-order valence-corrected chi connectivity index (χ0v) is 20.0. The quantitative estimate of drug-likeness (QED) is 0.618.